The molecule has 0 bridgehead atoms. The maximum absolute atomic E-state index is 6.02. The number of rotatable bonds is 4. The third-order valence-electron chi connectivity index (χ3n) is 2.74. The number of hydrogen-bond acceptors (Lipinski definition) is 2. The second-order valence-electron chi connectivity index (χ2n) is 5.25. The van der Waals surface area contributed by atoms with Crippen molar-refractivity contribution in [2.24, 2.45) is 5.73 Å². The molecule has 1 unspecified atom stereocenters. The minimum Gasteiger partial charge on any atom is -0.324 e. The maximum atomic E-state index is 6.02. The standard InChI is InChI=1S/C13H20Cl2N2/c1-9(17(4)8-13(2,3)16)10-5-6-11(14)12(15)7-10/h5-7,9H,8,16H2,1-4H3. The summed E-state index contributed by atoms with van der Waals surface area (Å²) in [6.45, 7) is 6.98. The Bertz CT molecular complexity index is 385. The third-order valence-corrected chi connectivity index (χ3v) is 3.48. The second kappa shape index (κ2) is 5.57. The van der Waals surface area contributed by atoms with Gasteiger partial charge in [0.25, 0.3) is 0 Å². The van der Waals surface area contributed by atoms with E-state index in [2.05, 4.69) is 18.9 Å². The van der Waals surface area contributed by atoms with Crippen molar-refractivity contribution in [2.75, 3.05) is 13.6 Å². The molecule has 2 N–H and O–H groups in total. The number of nitrogens with two attached hydrogens (primary N) is 1. The first-order chi connectivity index (χ1) is 7.70. The number of hydrogen-bond donors (Lipinski definition) is 1. The molecule has 0 spiro atoms. The van der Waals surface area contributed by atoms with E-state index in [1.165, 1.54) is 0 Å². The van der Waals surface area contributed by atoms with E-state index in [1.54, 1.807) is 0 Å². The zero-order valence-electron chi connectivity index (χ0n) is 10.8. The summed E-state index contributed by atoms with van der Waals surface area (Å²) in [7, 11) is 2.06. The molecule has 1 atom stereocenters. The zero-order chi connectivity index (χ0) is 13.2. The highest BCUT2D eigenvalue weighted by Crippen LogP contribution is 2.27. The summed E-state index contributed by atoms with van der Waals surface area (Å²) in [5.41, 5.74) is 6.95. The fourth-order valence-electron chi connectivity index (χ4n) is 1.81. The SMILES string of the molecule is CC(c1ccc(Cl)c(Cl)c1)N(C)CC(C)(C)N. The lowest BCUT2D eigenvalue weighted by Gasteiger charge is -2.31. The first kappa shape index (κ1) is 14.8. The quantitative estimate of drug-likeness (QED) is 0.907. The summed E-state index contributed by atoms with van der Waals surface area (Å²) >= 11 is 11.9. The average molecular weight is 275 g/mol. The van der Waals surface area contributed by atoms with Crippen molar-refractivity contribution in [1.29, 1.82) is 0 Å². The monoisotopic (exact) mass is 274 g/mol. The van der Waals surface area contributed by atoms with Crippen molar-refractivity contribution in [3.05, 3.63) is 33.8 Å². The van der Waals surface area contributed by atoms with Gasteiger partial charge in [0.15, 0.2) is 0 Å². The smallest absolute Gasteiger partial charge is 0.0595 e. The van der Waals surface area contributed by atoms with Crippen LogP contribution in [-0.2, 0) is 0 Å². The summed E-state index contributed by atoms with van der Waals surface area (Å²) in [5.74, 6) is 0. The van der Waals surface area contributed by atoms with E-state index in [0.29, 0.717) is 10.0 Å². The number of halogens is 2. The van der Waals surface area contributed by atoms with E-state index in [1.807, 2.05) is 32.0 Å². The van der Waals surface area contributed by atoms with Crippen LogP contribution < -0.4 is 5.73 Å². The van der Waals surface area contributed by atoms with Gasteiger partial charge in [0.1, 0.15) is 0 Å². The Morgan fingerprint density at radius 3 is 2.35 bits per heavy atom. The molecule has 4 heteroatoms. The molecule has 0 fully saturated rings. The first-order valence-electron chi connectivity index (χ1n) is 5.65. The van der Waals surface area contributed by atoms with E-state index in [4.69, 9.17) is 28.9 Å². The Balaban J connectivity index is 2.81. The van der Waals surface area contributed by atoms with Crippen LogP contribution >= 0.6 is 23.2 Å². The molecule has 2 nitrogen and oxygen atoms in total. The van der Waals surface area contributed by atoms with Gasteiger partial charge in [0, 0.05) is 18.1 Å². The van der Waals surface area contributed by atoms with Crippen molar-refractivity contribution in [2.45, 2.75) is 32.4 Å². The van der Waals surface area contributed by atoms with Crippen LogP contribution in [0.4, 0.5) is 0 Å². The third kappa shape index (κ3) is 4.47. The summed E-state index contributed by atoms with van der Waals surface area (Å²) in [5, 5.41) is 1.18. The van der Waals surface area contributed by atoms with Gasteiger partial charge in [0.05, 0.1) is 10.0 Å². The van der Waals surface area contributed by atoms with Crippen molar-refractivity contribution >= 4 is 23.2 Å². The molecule has 0 aromatic heterocycles. The van der Waals surface area contributed by atoms with Crippen LogP contribution in [0.2, 0.25) is 10.0 Å². The lowest BCUT2D eigenvalue weighted by atomic mass is 10.0. The summed E-state index contributed by atoms with van der Waals surface area (Å²) in [6, 6.07) is 6.00. The number of likely N-dealkylation sites (N-methyl/N-ethyl adjacent to an activating group) is 1. The molecule has 0 aliphatic carbocycles. The van der Waals surface area contributed by atoms with Gasteiger partial charge in [-0.2, -0.15) is 0 Å². The van der Waals surface area contributed by atoms with E-state index in [9.17, 15) is 0 Å². The summed E-state index contributed by atoms with van der Waals surface area (Å²) in [4.78, 5) is 2.21. The fourth-order valence-corrected chi connectivity index (χ4v) is 2.11. The molecule has 1 aromatic carbocycles. The van der Waals surface area contributed by atoms with Gasteiger partial charge < -0.3 is 5.73 Å². The molecule has 0 saturated heterocycles. The van der Waals surface area contributed by atoms with Gasteiger partial charge in [-0.3, -0.25) is 4.90 Å². The van der Waals surface area contributed by atoms with Crippen LogP contribution in [0.3, 0.4) is 0 Å². The molecule has 1 aromatic rings. The summed E-state index contributed by atoms with van der Waals surface area (Å²) < 4.78 is 0. The molecule has 17 heavy (non-hydrogen) atoms. The predicted octanol–water partition coefficient (Wildman–Crippen LogP) is 3.72. The molecule has 96 valence electrons. The number of nitrogens with zero attached hydrogens (tertiary/aromatic N) is 1. The summed E-state index contributed by atoms with van der Waals surface area (Å²) in [6.07, 6.45) is 0. The highest BCUT2D eigenvalue weighted by molar-refractivity contribution is 6.42. The lowest BCUT2D eigenvalue weighted by Crippen LogP contribution is -2.44. The Kier molecular flexibility index (Phi) is 4.85. The molecule has 0 amide bonds. The molecular formula is C13H20Cl2N2. The van der Waals surface area contributed by atoms with Crippen molar-refractivity contribution in [3.8, 4) is 0 Å². The minimum atomic E-state index is -0.209. The molecule has 0 aliphatic rings. The van der Waals surface area contributed by atoms with E-state index in [-0.39, 0.29) is 11.6 Å². The topological polar surface area (TPSA) is 29.3 Å². The van der Waals surface area contributed by atoms with Gasteiger partial charge >= 0.3 is 0 Å². The molecule has 0 heterocycles. The maximum Gasteiger partial charge on any atom is 0.0595 e. The fraction of sp³-hybridized carbons (Fsp3) is 0.538. The van der Waals surface area contributed by atoms with E-state index < -0.39 is 0 Å². The minimum absolute atomic E-state index is 0.209. The van der Waals surface area contributed by atoms with Crippen LogP contribution in [0.25, 0.3) is 0 Å². The van der Waals surface area contributed by atoms with E-state index >= 15 is 0 Å². The van der Waals surface area contributed by atoms with Gasteiger partial charge in [-0.1, -0.05) is 29.3 Å². The molecule has 0 radical (unpaired) electrons. The lowest BCUT2D eigenvalue weighted by molar-refractivity contribution is 0.215. The van der Waals surface area contributed by atoms with Crippen LogP contribution in [-0.4, -0.2) is 24.0 Å². The molecule has 0 aliphatic heterocycles. The highest BCUT2D eigenvalue weighted by atomic mass is 35.5. The van der Waals surface area contributed by atoms with Gasteiger partial charge in [-0.05, 0) is 45.5 Å². The zero-order valence-corrected chi connectivity index (χ0v) is 12.3. The predicted molar refractivity (Wildman–Crippen MR) is 75.8 cm³/mol. The Morgan fingerprint density at radius 1 is 1.29 bits per heavy atom. The van der Waals surface area contributed by atoms with Gasteiger partial charge in [-0.15, -0.1) is 0 Å². The second-order valence-corrected chi connectivity index (χ2v) is 6.07. The van der Waals surface area contributed by atoms with Crippen molar-refractivity contribution in [1.82, 2.24) is 4.90 Å². The molecule has 1 rings (SSSR count). The Morgan fingerprint density at radius 2 is 1.88 bits per heavy atom. The first-order valence-corrected chi connectivity index (χ1v) is 6.40. The van der Waals surface area contributed by atoms with E-state index in [0.717, 1.165) is 12.1 Å². The Labute approximate surface area is 114 Å². The van der Waals surface area contributed by atoms with Crippen molar-refractivity contribution in [3.63, 3.8) is 0 Å². The van der Waals surface area contributed by atoms with Crippen LogP contribution in [0.5, 0.6) is 0 Å². The Hall–Kier alpha value is -0.280. The van der Waals surface area contributed by atoms with Gasteiger partial charge in [0.2, 0.25) is 0 Å². The molecule has 0 saturated carbocycles. The van der Waals surface area contributed by atoms with Crippen LogP contribution in [0.15, 0.2) is 18.2 Å². The van der Waals surface area contributed by atoms with Crippen molar-refractivity contribution < 1.29 is 0 Å². The normalized spacial score (nSPS) is 14.1. The molecular weight excluding hydrogens is 255 g/mol. The van der Waals surface area contributed by atoms with Gasteiger partial charge in [-0.25, -0.2) is 0 Å². The largest absolute Gasteiger partial charge is 0.324 e. The average Bonchev–Trinajstić information content (AvgIpc) is 2.18. The van der Waals surface area contributed by atoms with Crippen LogP contribution in [0.1, 0.15) is 32.4 Å². The number of benzene rings is 1. The highest BCUT2D eigenvalue weighted by Gasteiger charge is 2.19. The van der Waals surface area contributed by atoms with Crippen LogP contribution in [0, 0.1) is 0 Å².